The van der Waals surface area contributed by atoms with Gasteiger partial charge in [-0.3, -0.25) is 29.6 Å². The van der Waals surface area contributed by atoms with E-state index in [1.807, 2.05) is 47.2 Å². The molecule has 0 saturated carbocycles. The molecule has 16 nitrogen and oxygen atoms in total. The van der Waals surface area contributed by atoms with Gasteiger partial charge in [0.1, 0.15) is 4.90 Å². The standard InChI is InChI=1S/C59H66ClF4N9O7S3/c1-58(2)23-20-51(39-8-12-43(60)13-9-39)42(32-58)34-69-26-28-71(29-27-69)45-14-10-40(11-15-45)56(75)68-83(79,80)50-18-19-52(53(31-50)82(77,78)59(62,63)64)66-44(38-81-49-6-4-3-5-7-49)21-24-70-36-46-16-17-47(37-70)73(46)35-41-30-48(33-65-55(41)61)72-25-22-54(74)67-57(72)76/h3-15,18-19,30-31,33,44,46-47,66H,16-17,20-29,32,34-38H2,1-2H3,(H,68,75)(H,67,74,76)/t44-,46?,47?/m1/s1. The summed E-state index contributed by atoms with van der Waals surface area (Å²) in [6.07, 6.45) is 6.44. The summed E-state index contributed by atoms with van der Waals surface area (Å²) in [5, 5.41) is 6.01. The topological polar surface area (TPSA) is 185 Å². The molecular formula is C59H66ClF4N9O7S3. The molecule has 4 aromatic carbocycles. The van der Waals surface area contributed by atoms with Crippen LogP contribution in [0.25, 0.3) is 5.57 Å². The molecule has 442 valence electrons. The fourth-order valence-electron chi connectivity index (χ4n) is 11.9. The summed E-state index contributed by atoms with van der Waals surface area (Å²) in [6.45, 7) is 10.5. The number of imide groups is 1. The van der Waals surface area contributed by atoms with Gasteiger partial charge in [-0.1, -0.05) is 61.4 Å². The molecule has 24 heteroatoms. The van der Waals surface area contributed by atoms with Gasteiger partial charge in [0.15, 0.2) is 0 Å². The number of thioether (sulfide) groups is 1. The lowest BCUT2D eigenvalue weighted by atomic mass is 9.73. The molecule has 1 aromatic heterocycles. The Kier molecular flexibility index (Phi) is 18.0. The summed E-state index contributed by atoms with van der Waals surface area (Å²) < 4.78 is 115. The SMILES string of the molecule is CC1(C)CCC(c2ccc(Cl)cc2)=C(CN2CCN(c3ccc(C(=O)NS(=O)(=O)c4ccc(N[C@H](CCN5CC6CCC(C5)N6Cc5cc(N6CCC(=O)NC6=O)cnc5F)CSc5ccccc5)c(S(=O)(=O)C(F)(F)F)c4)cc3)CC2)C1. The van der Waals surface area contributed by atoms with Crippen LogP contribution in [0.3, 0.4) is 0 Å². The number of carbonyl (C=O) groups excluding carboxylic acids is 3. The Bertz CT molecular complexity index is 3470. The first-order valence-electron chi connectivity index (χ1n) is 27.7. The predicted molar refractivity (Wildman–Crippen MR) is 313 cm³/mol. The number of hydrogen-bond acceptors (Lipinski definition) is 14. The fourth-order valence-corrected chi connectivity index (χ4v) is 15.1. The zero-order valence-corrected chi connectivity index (χ0v) is 49.2. The zero-order chi connectivity index (χ0) is 58.8. The number of nitrogens with zero attached hydrogens (tertiary/aromatic N) is 6. The van der Waals surface area contributed by atoms with Gasteiger partial charge in [-0.15, -0.1) is 11.8 Å². The second-order valence-electron chi connectivity index (χ2n) is 22.8. The van der Waals surface area contributed by atoms with Crippen LogP contribution in [0.4, 0.5) is 39.4 Å². The third-order valence-corrected chi connectivity index (χ3v) is 20.7. The Morgan fingerprint density at radius 2 is 1.54 bits per heavy atom. The van der Waals surface area contributed by atoms with Gasteiger partial charge in [-0.25, -0.2) is 31.3 Å². The summed E-state index contributed by atoms with van der Waals surface area (Å²) in [6, 6.07) is 26.4. The van der Waals surface area contributed by atoms with E-state index in [0.29, 0.717) is 61.5 Å². The van der Waals surface area contributed by atoms with E-state index >= 15 is 4.39 Å². The van der Waals surface area contributed by atoms with Gasteiger partial charge in [0.05, 0.1) is 22.5 Å². The van der Waals surface area contributed by atoms with Crippen molar-refractivity contribution in [2.45, 2.75) is 104 Å². The molecule has 4 saturated heterocycles. The molecule has 10 rings (SSSR count). The van der Waals surface area contributed by atoms with Crippen LogP contribution in [0.5, 0.6) is 0 Å². The van der Waals surface area contributed by atoms with E-state index in [1.54, 1.807) is 18.2 Å². The Morgan fingerprint density at radius 3 is 2.22 bits per heavy atom. The van der Waals surface area contributed by atoms with Crippen molar-refractivity contribution in [1.29, 1.82) is 0 Å². The van der Waals surface area contributed by atoms with E-state index in [2.05, 4.69) is 61.2 Å². The van der Waals surface area contributed by atoms with Gasteiger partial charge >= 0.3 is 11.5 Å². The first-order valence-corrected chi connectivity index (χ1v) is 32.1. The highest BCUT2D eigenvalue weighted by Gasteiger charge is 2.49. The molecule has 5 aromatic rings. The summed E-state index contributed by atoms with van der Waals surface area (Å²) in [7, 11) is -11.1. The van der Waals surface area contributed by atoms with E-state index in [0.717, 1.165) is 74.5 Å². The number of sulfonamides is 1. The lowest BCUT2D eigenvalue weighted by molar-refractivity contribution is -0.120. The van der Waals surface area contributed by atoms with Crippen molar-refractivity contribution in [2.24, 2.45) is 5.41 Å². The first-order chi connectivity index (χ1) is 39.5. The molecule has 0 spiro atoms. The number of likely N-dealkylation sites (tertiary alicyclic amines) is 1. The number of piperazine rings is 2. The number of fused-ring (bicyclic) bond motifs is 2. The summed E-state index contributed by atoms with van der Waals surface area (Å²) in [4.78, 5) is 50.9. The number of rotatable bonds is 19. The number of halogens is 5. The largest absolute Gasteiger partial charge is 0.501 e. The number of benzene rings is 4. The highest BCUT2D eigenvalue weighted by molar-refractivity contribution is 7.99. The number of nitrogens with one attached hydrogen (secondary N) is 3. The van der Waals surface area contributed by atoms with Crippen molar-refractivity contribution in [3.63, 3.8) is 0 Å². The highest BCUT2D eigenvalue weighted by Crippen LogP contribution is 2.43. The first kappa shape index (κ1) is 60.1. The van der Waals surface area contributed by atoms with Crippen LogP contribution in [0.15, 0.2) is 130 Å². The summed E-state index contributed by atoms with van der Waals surface area (Å²) in [5.74, 6) is -1.84. The monoisotopic (exact) mass is 1220 g/mol. The Labute approximate surface area is 491 Å². The number of alkyl halides is 3. The normalized spacial score (nSPS) is 20.6. The van der Waals surface area contributed by atoms with E-state index < -0.39 is 70.7 Å². The number of aromatic nitrogens is 1. The number of amides is 4. The van der Waals surface area contributed by atoms with E-state index in [1.165, 1.54) is 51.7 Å². The number of carbonyl (C=O) groups is 3. The van der Waals surface area contributed by atoms with Crippen LogP contribution >= 0.6 is 23.4 Å². The Hall–Kier alpha value is -6.08. The Balaban J connectivity index is 0.793. The minimum atomic E-state index is -6.16. The lowest BCUT2D eigenvalue weighted by Crippen LogP contribution is -2.53. The number of urea groups is 1. The van der Waals surface area contributed by atoms with Crippen LogP contribution in [0.2, 0.25) is 5.02 Å². The number of sulfone groups is 1. The maximum Gasteiger partial charge on any atom is 0.501 e. The van der Waals surface area contributed by atoms with Gasteiger partial charge in [0.25, 0.3) is 25.8 Å². The van der Waals surface area contributed by atoms with Crippen LogP contribution in [0, 0.1) is 11.4 Å². The molecule has 4 amide bonds. The summed E-state index contributed by atoms with van der Waals surface area (Å²) >= 11 is 7.62. The molecule has 83 heavy (non-hydrogen) atoms. The van der Waals surface area contributed by atoms with E-state index in [-0.39, 0.29) is 48.3 Å². The van der Waals surface area contributed by atoms with Crippen LogP contribution < -0.4 is 25.2 Å². The molecule has 2 unspecified atom stereocenters. The smallest absolute Gasteiger partial charge is 0.380 e. The fraction of sp³-hybridized carbons (Fsp3) is 0.424. The second-order valence-corrected chi connectivity index (χ2v) is 27.9. The molecule has 3 N–H and O–H groups in total. The molecule has 5 aliphatic rings. The summed E-state index contributed by atoms with van der Waals surface area (Å²) in [5.41, 5.74) is -0.608. The van der Waals surface area contributed by atoms with Gasteiger partial charge in [-0.2, -0.15) is 17.6 Å². The van der Waals surface area contributed by atoms with Gasteiger partial charge < -0.3 is 15.1 Å². The quantitative estimate of drug-likeness (QED) is 0.0403. The van der Waals surface area contributed by atoms with Crippen molar-refractivity contribution in [1.82, 2.24) is 29.7 Å². The van der Waals surface area contributed by atoms with E-state index in [4.69, 9.17) is 11.6 Å². The highest BCUT2D eigenvalue weighted by atomic mass is 35.5. The average molecular weight is 1220 g/mol. The number of allylic oxidation sites excluding steroid dienone is 1. The van der Waals surface area contributed by atoms with Crippen molar-refractivity contribution in [3.8, 4) is 0 Å². The van der Waals surface area contributed by atoms with Crippen molar-refractivity contribution < 1.29 is 48.8 Å². The number of hydrogen-bond donors (Lipinski definition) is 3. The number of pyridine rings is 1. The van der Waals surface area contributed by atoms with Crippen molar-refractivity contribution >= 4 is 83.7 Å². The minimum absolute atomic E-state index is 0.0156. The molecule has 5 heterocycles. The molecule has 2 bridgehead atoms. The van der Waals surface area contributed by atoms with Gasteiger partial charge in [0.2, 0.25) is 11.9 Å². The van der Waals surface area contributed by atoms with Crippen LogP contribution in [0.1, 0.15) is 80.3 Å². The predicted octanol–water partition coefficient (Wildman–Crippen LogP) is 9.83. The molecule has 1 aliphatic carbocycles. The van der Waals surface area contributed by atoms with Gasteiger partial charge in [-0.05, 0) is 128 Å². The molecule has 4 aliphatic heterocycles. The lowest BCUT2D eigenvalue weighted by Gasteiger charge is -2.41. The third kappa shape index (κ3) is 14.2. The zero-order valence-electron chi connectivity index (χ0n) is 46.0. The molecule has 4 fully saturated rings. The average Bonchev–Trinajstić information content (AvgIpc) is 3.34. The second kappa shape index (κ2) is 24.9. The third-order valence-electron chi connectivity index (χ3n) is 16.4. The maximum absolute atomic E-state index is 15.2. The molecule has 0 radical (unpaired) electrons. The van der Waals surface area contributed by atoms with Crippen molar-refractivity contribution in [3.05, 3.63) is 143 Å². The number of anilines is 3. The Morgan fingerprint density at radius 1 is 0.843 bits per heavy atom. The van der Waals surface area contributed by atoms with E-state index in [9.17, 15) is 44.4 Å². The molecular weight excluding hydrogens is 1150 g/mol. The molecule has 3 atom stereocenters. The maximum atomic E-state index is 15.2. The van der Waals surface area contributed by atoms with Gasteiger partial charge in [0, 0.05) is 122 Å². The van der Waals surface area contributed by atoms with Crippen LogP contribution in [-0.2, 0) is 31.2 Å². The van der Waals surface area contributed by atoms with Crippen LogP contribution in [-0.4, -0.2) is 143 Å². The van der Waals surface area contributed by atoms with Crippen molar-refractivity contribution in [2.75, 3.05) is 79.8 Å². The minimum Gasteiger partial charge on any atom is -0.380 e.